The van der Waals surface area contributed by atoms with Crippen LogP contribution in [-0.4, -0.2) is 34.1 Å². The van der Waals surface area contributed by atoms with Crippen molar-refractivity contribution in [2.45, 2.75) is 12.8 Å². The minimum atomic E-state index is -1.27. The lowest BCUT2D eigenvalue weighted by Gasteiger charge is -1.91. The predicted molar refractivity (Wildman–Crippen MR) is 53.9 cm³/mol. The predicted octanol–water partition coefficient (Wildman–Crippen LogP) is 0.118. The van der Waals surface area contributed by atoms with E-state index in [0.29, 0.717) is 0 Å². The van der Waals surface area contributed by atoms with Gasteiger partial charge in [-0.1, -0.05) is 13.2 Å². The van der Waals surface area contributed by atoms with Gasteiger partial charge in [-0.2, -0.15) is 0 Å². The summed E-state index contributed by atoms with van der Waals surface area (Å²) in [4.78, 5) is 40.1. The standard InChI is InChI=1S/C5H6O4.C5H4O3/c1-3(5(8)9)2-4(6)7;1-3-2-4(6)8-5(3)7/h1-2H2,(H,6,7)(H,8,9);1-2H2. The van der Waals surface area contributed by atoms with Gasteiger partial charge in [-0.25, -0.2) is 9.59 Å². The van der Waals surface area contributed by atoms with Crippen LogP contribution in [0.4, 0.5) is 0 Å². The summed E-state index contributed by atoms with van der Waals surface area (Å²) < 4.78 is 4.10. The first-order valence-electron chi connectivity index (χ1n) is 4.29. The molecule has 1 saturated heterocycles. The molecule has 1 heterocycles. The SMILES string of the molecule is C=C(CC(=O)O)C(=O)O.C=C1CC(=O)OC1=O. The fourth-order valence-electron chi connectivity index (χ4n) is 0.716. The number of carboxylic acids is 2. The van der Waals surface area contributed by atoms with Gasteiger partial charge in [0, 0.05) is 11.1 Å². The van der Waals surface area contributed by atoms with Crippen LogP contribution in [0.1, 0.15) is 12.8 Å². The van der Waals surface area contributed by atoms with Crippen molar-refractivity contribution in [3.05, 3.63) is 24.3 Å². The van der Waals surface area contributed by atoms with Gasteiger partial charge >= 0.3 is 23.9 Å². The first-order chi connectivity index (χ1) is 7.73. The Balaban J connectivity index is 0.000000302. The molecule has 0 aliphatic carbocycles. The Kier molecular flexibility index (Phi) is 5.32. The van der Waals surface area contributed by atoms with Gasteiger partial charge in [-0.3, -0.25) is 9.59 Å². The second kappa shape index (κ2) is 6.21. The van der Waals surface area contributed by atoms with Crippen LogP contribution >= 0.6 is 0 Å². The molecule has 0 spiro atoms. The van der Waals surface area contributed by atoms with E-state index < -0.39 is 30.3 Å². The maximum absolute atomic E-state index is 10.2. The van der Waals surface area contributed by atoms with E-state index in [1.54, 1.807) is 0 Å². The van der Waals surface area contributed by atoms with E-state index in [0.717, 1.165) is 0 Å². The summed E-state index contributed by atoms with van der Waals surface area (Å²) in [5.74, 6) is -3.53. The summed E-state index contributed by atoms with van der Waals surface area (Å²) in [6.07, 6.45) is -0.450. The lowest BCUT2D eigenvalue weighted by Crippen LogP contribution is -2.04. The summed E-state index contributed by atoms with van der Waals surface area (Å²) in [6.45, 7) is 6.30. The van der Waals surface area contributed by atoms with Crippen molar-refractivity contribution in [2.24, 2.45) is 0 Å². The summed E-state index contributed by atoms with van der Waals surface area (Å²) in [7, 11) is 0. The largest absolute Gasteiger partial charge is 0.481 e. The first-order valence-corrected chi connectivity index (χ1v) is 4.29. The summed E-state index contributed by atoms with van der Waals surface area (Å²) in [6, 6.07) is 0. The molecule has 1 fully saturated rings. The van der Waals surface area contributed by atoms with E-state index in [-0.39, 0.29) is 17.6 Å². The molecule has 7 heteroatoms. The van der Waals surface area contributed by atoms with Crippen LogP contribution in [-0.2, 0) is 23.9 Å². The number of hydrogen-bond donors (Lipinski definition) is 2. The van der Waals surface area contributed by atoms with Crippen LogP contribution in [0, 0.1) is 0 Å². The van der Waals surface area contributed by atoms with Crippen molar-refractivity contribution < 1.29 is 34.1 Å². The van der Waals surface area contributed by atoms with Crippen LogP contribution in [0.15, 0.2) is 24.3 Å². The Labute approximate surface area is 96.0 Å². The molecule has 2 N–H and O–H groups in total. The topological polar surface area (TPSA) is 118 Å². The van der Waals surface area contributed by atoms with E-state index in [2.05, 4.69) is 17.9 Å². The average molecular weight is 242 g/mol. The number of rotatable bonds is 3. The molecule has 92 valence electrons. The number of ether oxygens (including phenoxy) is 1. The number of carbonyl (C=O) groups is 4. The molecule has 0 radical (unpaired) electrons. The summed E-state index contributed by atoms with van der Waals surface area (Å²) >= 11 is 0. The Hall–Kier alpha value is -2.44. The fraction of sp³-hybridized carbons (Fsp3) is 0.200. The van der Waals surface area contributed by atoms with Gasteiger partial charge in [0.15, 0.2) is 0 Å². The van der Waals surface area contributed by atoms with Gasteiger partial charge in [0.25, 0.3) is 0 Å². The maximum atomic E-state index is 10.2. The second-order valence-corrected chi connectivity index (χ2v) is 3.02. The maximum Gasteiger partial charge on any atom is 0.341 e. The molecular weight excluding hydrogens is 232 g/mol. The highest BCUT2D eigenvalue weighted by Gasteiger charge is 2.24. The molecule has 0 aromatic carbocycles. The Morgan fingerprint density at radius 2 is 1.82 bits per heavy atom. The molecule has 0 aromatic rings. The minimum absolute atomic E-state index is 0.0544. The van der Waals surface area contributed by atoms with E-state index in [1.165, 1.54) is 0 Å². The monoisotopic (exact) mass is 242 g/mol. The molecule has 0 atom stereocenters. The molecule has 0 amide bonds. The smallest absolute Gasteiger partial charge is 0.341 e. The second-order valence-electron chi connectivity index (χ2n) is 3.02. The zero-order valence-corrected chi connectivity index (χ0v) is 8.76. The van der Waals surface area contributed by atoms with Crippen LogP contribution < -0.4 is 0 Å². The molecule has 17 heavy (non-hydrogen) atoms. The fourth-order valence-corrected chi connectivity index (χ4v) is 0.716. The number of aliphatic carboxylic acids is 2. The van der Waals surface area contributed by atoms with Crippen molar-refractivity contribution in [2.75, 3.05) is 0 Å². The van der Waals surface area contributed by atoms with Gasteiger partial charge in [0.05, 0.1) is 12.8 Å². The number of carbonyl (C=O) groups excluding carboxylic acids is 2. The highest BCUT2D eigenvalue weighted by atomic mass is 16.6. The molecule has 1 aliphatic rings. The highest BCUT2D eigenvalue weighted by molar-refractivity contribution is 6.05. The molecule has 0 unspecified atom stereocenters. The zero-order valence-electron chi connectivity index (χ0n) is 8.76. The number of cyclic esters (lactones) is 2. The molecule has 0 bridgehead atoms. The lowest BCUT2D eigenvalue weighted by molar-refractivity contribution is -0.151. The van der Waals surface area contributed by atoms with Gasteiger partial charge < -0.3 is 14.9 Å². The van der Waals surface area contributed by atoms with Crippen molar-refractivity contribution in [3.8, 4) is 0 Å². The number of hydrogen-bond acceptors (Lipinski definition) is 5. The zero-order chi connectivity index (χ0) is 13.6. The highest BCUT2D eigenvalue weighted by Crippen LogP contribution is 2.10. The third kappa shape index (κ3) is 5.88. The van der Waals surface area contributed by atoms with Crippen LogP contribution in [0.2, 0.25) is 0 Å². The Morgan fingerprint density at radius 1 is 1.29 bits per heavy atom. The molecule has 7 nitrogen and oxygen atoms in total. The number of carboxylic acid groups (broad SMARTS) is 2. The van der Waals surface area contributed by atoms with Crippen molar-refractivity contribution in [1.82, 2.24) is 0 Å². The van der Waals surface area contributed by atoms with E-state index in [4.69, 9.17) is 10.2 Å². The molecular formula is C10H10O7. The average Bonchev–Trinajstić information content (AvgIpc) is 2.43. The number of esters is 2. The third-order valence-corrected chi connectivity index (χ3v) is 1.52. The molecule has 1 aliphatic heterocycles. The van der Waals surface area contributed by atoms with Gasteiger partial charge in [0.2, 0.25) is 0 Å². The molecule has 1 rings (SSSR count). The van der Waals surface area contributed by atoms with E-state index >= 15 is 0 Å². The van der Waals surface area contributed by atoms with Crippen molar-refractivity contribution >= 4 is 23.9 Å². The molecule has 0 aromatic heterocycles. The Bertz CT molecular complexity index is 387. The lowest BCUT2D eigenvalue weighted by atomic mass is 10.2. The summed E-state index contributed by atoms with van der Waals surface area (Å²) in [5.41, 5.74) is -0.0579. The van der Waals surface area contributed by atoms with Gasteiger partial charge in [-0.05, 0) is 0 Å². The van der Waals surface area contributed by atoms with Crippen LogP contribution in [0.25, 0.3) is 0 Å². The summed E-state index contributed by atoms with van der Waals surface area (Å²) in [5, 5.41) is 16.1. The Morgan fingerprint density at radius 3 is 1.94 bits per heavy atom. The van der Waals surface area contributed by atoms with E-state index in [1.807, 2.05) is 0 Å². The van der Waals surface area contributed by atoms with Crippen LogP contribution in [0.5, 0.6) is 0 Å². The van der Waals surface area contributed by atoms with Gasteiger partial charge in [-0.15, -0.1) is 0 Å². The normalized spacial score (nSPS) is 13.5. The van der Waals surface area contributed by atoms with E-state index in [9.17, 15) is 19.2 Å². The third-order valence-electron chi connectivity index (χ3n) is 1.52. The minimum Gasteiger partial charge on any atom is -0.481 e. The quantitative estimate of drug-likeness (QED) is 0.409. The molecule has 0 saturated carbocycles. The van der Waals surface area contributed by atoms with Crippen molar-refractivity contribution in [1.29, 1.82) is 0 Å². The van der Waals surface area contributed by atoms with Crippen LogP contribution in [0.3, 0.4) is 0 Å². The van der Waals surface area contributed by atoms with Gasteiger partial charge in [0.1, 0.15) is 0 Å². The first kappa shape index (κ1) is 14.6. The van der Waals surface area contributed by atoms with Crippen molar-refractivity contribution in [3.63, 3.8) is 0 Å².